The number of carbonyl (C=O) groups is 1. The van der Waals surface area contributed by atoms with Crippen LogP contribution in [-0.2, 0) is 4.79 Å². The lowest BCUT2D eigenvalue weighted by Crippen LogP contribution is -2.45. The number of aliphatic hydroxyl groups excluding tert-OH is 2. The molecule has 0 radical (unpaired) electrons. The van der Waals surface area contributed by atoms with Gasteiger partial charge in [-0.15, -0.1) is 0 Å². The molecule has 4 nitrogen and oxygen atoms in total. The highest BCUT2D eigenvalue weighted by Gasteiger charge is 2.17. The van der Waals surface area contributed by atoms with Gasteiger partial charge >= 0.3 is 0 Å². The Hall–Kier alpha value is -1.91. The molecule has 0 bridgehead atoms. The van der Waals surface area contributed by atoms with Gasteiger partial charge in [-0.05, 0) is 70.6 Å². The Morgan fingerprint density at radius 3 is 1.53 bits per heavy atom. The average molecular weight is 600 g/mol. The van der Waals surface area contributed by atoms with Crippen molar-refractivity contribution < 1.29 is 15.0 Å². The predicted molar refractivity (Wildman–Crippen MR) is 188 cm³/mol. The Kier molecular flexibility index (Phi) is 33.0. The van der Waals surface area contributed by atoms with E-state index < -0.39 is 12.1 Å². The number of allylic oxidation sites excluding steroid dienone is 9. The van der Waals surface area contributed by atoms with E-state index in [1.165, 1.54) is 83.5 Å². The number of hydrogen-bond donors (Lipinski definition) is 3. The molecule has 248 valence electrons. The molecule has 0 rings (SSSR count). The molecule has 0 aliphatic rings. The highest BCUT2D eigenvalue weighted by Crippen LogP contribution is 2.10. The molecule has 0 aliphatic heterocycles. The van der Waals surface area contributed by atoms with Crippen LogP contribution in [0.25, 0.3) is 0 Å². The standard InChI is InChI=1S/C39H69NO3/c1-3-5-7-9-11-13-15-16-17-18-19-20-21-22-23-24-25-27-29-31-33-35-39(43)40-37(36-41)38(42)34-32-30-28-26-14-12-10-8-6-4-2/h14-16,18-19,21-22,26,32,34,37-38,41-42H,3-13,17,20,23-25,27-31,33,35-36H2,1-2H3,(H,40,43)/b16-15-,19-18-,22-21-,26-14+,34-32+. The first-order valence-electron chi connectivity index (χ1n) is 18.0. The van der Waals surface area contributed by atoms with E-state index in [0.29, 0.717) is 6.42 Å². The molecule has 0 spiro atoms. The Balaban J connectivity index is 3.69. The zero-order valence-corrected chi connectivity index (χ0v) is 28.2. The molecular weight excluding hydrogens is 530 g/mol. The normalized spacial score (nSPS) is 13.9. The molecule has 43 heavy (non-hydrogen) atoms. The third kappa shape index (κ3) is 31.3. The van der Waals surface area contributed by atoms with Crippen LogP contribution in [-0.4, -0.2) is 34.9 Å². The molecule has 0 aliphatic carbocycles. The highest BCUT2D eigenvalue weighted by atomic mass is 16.3. The molecule has 2 unspecified atom stereocenters. The van der Waals surface area contributed by atoms with E-state index in [1.54, 1.807) is 6.08 Å². The molecule has 0 heterocycles. The van der Waals surface area contributed by atoms with Crippen molar-refractivity contribution in [1.29, 1.82) is 0 Å². The van der Waals surface area contributed by atoms with Crippen molar-refractivity contribution >= 4 is 5.91 Å². The number of nitrogens with one attached hydrogen (secondary N) is 1. The van der Waals surface area contributed by atoms with Crippen molar-refractivity contribution in [2.24, 2.45) is 0 Å². The smallest absolute Gasteiger partial charge is 0.220 e. The maximum absolute atomic E-state index is 12.3. The molecule has 4 heteroatoms. The molecule has 0 aromatic rings. The number of carbonyl (C=O) groups excluding carboxylic acids is 1. The molecule has 3 N–H and O–H groups in total. The number of amides is 1. The predicted octanol–water partition coefficient (Wildman–Crippen LogP) is 10.6. The van der Waals surface area contributed by atoms with Crippen molar-refractivity contribution in [3.05, 3.63) is 60.8 Å². The minimum atomic E-state index is -0.867. The van der Waals surface area contributed by atoms with E-state index in [4.69, 9.17) is 0 Å². The second-order valence-corrected chi connectivity index (χ2v) is 11.9. The summed E-state index contributed by atoms with van der Waals surface area (Å²) in [7, 11) is 0. The second-order valence-electron chi connectivity index (χ2n) is 11.9. The van der Waals surface area contributed by atoms with Gasteiger partial charge in [0, 0.05) is 6.42 Å². The summed E-state index contributed by atoms with van der Waals surface area (Å²) in [5.41, 5.74) is 0. The van der Waals surface area contributed by atoms with Crippen molar-refractivity contribution in [1.82, 2.24) is 5.32 Å². The van der Waals surface area contributed by atoms with Crippen molar-refractivity contribution in [2.45, 2.75) is 174 Å². The number of hydrogen-bond acceptors (Lipinski definition) is 3. The van der Waals surface area contributed by atoms with E-state index >= 15 is 0 Å². The topological polar surface area (TPSA) is 69.6 Å². The Morgan fingerprint density at radius 2 is 0.977 bits per heavy atom. The zero-order chi connectivity index (χ0) is 31.5. The Bertz CT molecular complexity index is 737. The van der Waals surface area contributed by atoms with Crippen LogP contribution in [0.15, 0.2) is 60.8 Å². The van der Waals surface area contributed by atoms with E-state index in [1.807, 2.05) is 6.08 Å². The van der Waals surface area contributed by atoms with Gasteiger partial charge in [-0.3, -0.25) is 4.79 Å². The minimum absolute atomic E-state index is 0.0921. The summed E-state index contributed by atoms with van der Waals surface area (Å²) in [4.78, 5) is 12.3. The fourth-order valence-corrected chi connectivity index (χ4v) is 4.90. The van der Waals surface area contributed by atoms with Crippen LogP contribution >= 0.6 is 0 Å². The average Bonchev–Trinajstić information content (AvgIpc) is 3.01. The fourth-order valence-electron chi connectivity index (χ4n) is 4.90. The van der Waals surface area contributed by atoms with Crippen LogP contribution in [0.2, 0.25) is 0 Å². The summed E-state index contributed by atoms with van der Waals surface area (Å²) in [6.45, 7) is 4.22. The molecule has 0 saturated heterocycles. The summed E-state index contributed by atoms with van der Waals surface area (Å²) in [6.07, 6.45) is 47.3. The number of unbranched alkanes of at least 4 members (excludes halogenated alkanes) is 16. The van der Waals surface area contributed by atoms with Crippen LogP contribution in [0.1, 0.15) is 162 Å². The highest BCUT2D eigenvalue weighted by molar-refractivity contribution is 5.76. The Labute approximate surface area is 266 Å². The van der Waals surface area contributed by atoms with Crippen LogP contribution in [0.3, 0.4) is 0 Å². The van der Waals surface area contributed by atoms with Crippen molar-refractivity contribution in [2.75, 3.05) is 6.61 Å². The maximum Gasteiger partial charge on any atom is 0.220 e. The molecule has 0 fully saturated rings. The van der Waals surface area contributed by atoms with E-state index in [9.17, 15) is 15.0 Å². The quantitative estimate of drug-likeness (QED) is 0.0548. The monoisotopic (exact) mass is 600 g/mol. The summed E-state index contributed by atoms with van der Waals surface area (Å²) in [6, 6.07) is -0.645. The first-order chi connectivity index (χ1) is 21.2. The summed E-state index contributed by atoms with van der Waals surface area (Å²) in [5.74, 6) is -0.0921. The Morgan fingerprint density at radius 1 is 0.558 bits per heavy atom. The number of aliphatic hydroxyl groups is 2. The van der Waals surface area contributed by atoms with Crippen molar-refractivity contribution in [3.8, 4) is 0 Å². The lowest BCUT2D eigenvalue weighted by Gasteiger charge is -2.19. The maximum atomic E-state index is 12.3. The summed E-state index contributed by atoms with van der Waals surface area (Å²) in [5, 5.41) is 22.8. The fraction of sp³-hybridized carbons (Fsp3) is 0.718. The molecule has 2 atom stereocenters. The molecular formula is C39H69NO3. The van der Waals surface area contributed by atoms with Crippen LogP contribution in [0.4, 0.5) is 0 Å². The minimum Gasteiger partial charge on any atom is -0.394 e. The first kappa shape index (κ1) is 41.1. The lowest BCUT2D eigenvalue weighted by molar-refractivity contribution is -0.123. The van der Waals surface area contributed by atoms with Crippen molar-refractivity contribution in [3.63, 3.8) is 0 Å². The van der Waals surface area contributed by atoms with Gasteiger partial charge in [0.2, 0.25) is 5.91 Å². The van der Waals surface area contributed by atoms with Gasteiger partial charge in [0.1, 0.15) is 0 Å². The number of rotatable bonds is 31. The third-order valence-corrected chi connectivity index (χ3v) is 7.72. The molecule has 1 amide bonds. The second kappa shape index (κ2) is 34.6. The summed E-state index contributed by atoms with van der Waals surface area (Å²) < 4.78 is 0. The van der Waals surface area contributed by atoms with E-state index in [2.05, 4.69) is 67.8 Å². The molecule has 0 aromatic heterocycles. The SMILES string of the molecule is CCCCCC/C=C/CC/C=C/C(O)C(CO)NC(=O)CCCCCCCC/C=C\C/C=C\C/C=C\CCCCCCC. The largest absolute Gasteiger partial charge is 0.394 e. The summed E-state index contributed by atoms with van der Waals surface area (Å²) >= 11 is 0. The van der Waals surface area contributed by atoms with Gasteiger partial charge in [-0.2, -0.15) is 0 Å². The van der Waals surface area contributed by atoms with Gasteiger partial charge in [0.25, 0.3) is 0 Å². The van der Waals surface area contributed by atoms with Crippen LogP contribution in [0, 0.1) is 0 Å². The molecule has 0 saturated carbocycles. The zero-order valence-electron chi connectivity index (χ0n) is 28.2. The first-order valence-corrected chi connectivity index (χ1v) is 18.0. The van der Waals surface area contributed by atoms with Gasteiger partial charge < -0.3 is 15.5 Å². The van der Waals surface area contributed by atoms with Gasteiger partial charge in [-0.1, -0.05) is 145 Å². The van der Waals surface area contributed by atoms with Gasteiger partial charge in [0.15, 0.2) is 0 Å². The van der Waals surface area contributed by atoms with Crippen LogP contribution in [0.5, 0.6) is 0 Å². The van der Waals surface area contributed by atoms with Gasteiger partial charge in [-0.25, -0.2) is 0 Å². The van der Waals surface area contributed by atoms with Crippen LogP contribution < -0.4 is 5.32 Å². The van der Waals surface area contributed by atoms with E-state index in [-0.39, 0.29) is 12.5 Å². The molecule has 0 aromatic carbocycles. The van der Waals surface area contributed by atoms with Gasteiger partial charge in [0.05, 0.1) is 18.8 Å². The van der Waals surface area contributed by atoms with E-state index in [0.717, 1.165) is 57.8 Å². The third-order valence-electron chi connectivity index (χ3n) is 7.72. The lowest BCUT2D eigenvalue weighted by atomic mass is 10.1.